The van der Waals surface area contributed by atoms with Crippen LogP contribution in [0.1, 0.15) is 32.1 Å². The Labute approximate surface area is 237 Å². The number of likely N-dealkylation sites (tertiary alicyclic amines) is 1. The molecule has 9 atom stereocenters. The van der Waals surface area contributed by atoms with E-state index in [1.807, 2.05) is 0 Å². The standard InChI is InChI=1S/C26H34BrF5N4O4/c27-13-9-16(25(39)35-5-7-40-8-6-35)23(17(10-13)26(30,31)32)36-4-3-14(12-36)33-24(38)15-11-20(37)34-22-19(29)2-1-18(28)21(15)22/h11,13-14,16-19,21-23H,1-10,12H2,(H,33,38)(H,34,37)/t13?,14-,16?,17?,18?,19?,21?,22?,23?/m1/s1. The number of carbonyl (C=O) groups is 3. The van der Waals surface area contributed by atoms with Crippen molar-refractivity contribution < 1.29 is 41.1 Å². The Kier molecular flexibility index (Phi) is 8.78. The fourth-order valence-corrected chi connectivity index (χ4v) is 7.91. The number of hydrogen-bond donors (Lipinski definition) is 2. The summed E-state index contributed by atoms with van der Waals surface area (Å²) >= 11 is 3.35. The van der Waals surface area contributed by atoms with E-state index in [4.69, 9.17) is 4.74 Å². The van der Waals surface area contributed by atoms with Crippen LogP contribution in [0.4, 0.5) is 22.0 Å². The molecule has 0 aromatic rings. The van der Waals surface area contributed by atoms with Crippen molar-refractivity contribution in [2.24, 2.45) is 17.8 Å². The second-order valence-corrected chi connectivity index (χ2v) is 12.8. The third-order valence-electron chi connectivity index (χ3n) is 8.98. The van der Waals surface area contributed by atoms with Crippen LogP contribution in [-0.2, 0) is 19.1 Å². The van der Waals surface area contributed by atoms with Gasteiger partial charge in [-0.3, -0.25) is 19.3 Å². The van der Waals surface area contributed by atoms with E-state index in [0.29, 0.717) is 32.7 Å². The molecule has 0 spiro atoms. The highest BCUT2D eigenvalue weighted by atomic mass is 79.9. The molecule has 5 aliphatic rings. The van der Waals surface area contributed by atoms with Gasteiger partial charge in [0.2, 0.25) is 17.7 Å². The summed E-state index contributed by atoms with van der Waals surface area (Å²) in [5, 5.41) is 5.18. The highest BCUT2D eigenvalue weighted by Gasteiger charge is 2.56. The highest BCUT2D eigenvalue weighted by Crippen LogP contribution is 2.46. The first-order valence-electron chi connectivity index (χ1n) is 13.9. The molecule has 3 amide bonds. The van der Waals surface area contributed by atoms with Crippen LogP contribution in [0, 0.1) is 17.8 Å². The lowest BCUT2D eigenvalue weighted by Crippen LogP contribution is -2.59. The lowest BCUT2D eigenvalue weighted by molar-refractivity contribution is -0.205. The number of alkyl halides is 6. The van der Waals surface area contributed by atoms with Gasteiger partial charge in [-0.1, -0.05) is 15.9 Å². The van der Waals surface area contributed by atoms with Gasteiger partial charge < -0.3 is 20.3 Å². The number of rotatable bonds is 4. The van der Waals surface area contributed by atoms with Gasteiger partial charge in [0, 0.05) is 60.7 Å². The molecule has 2 aliphatic carbocycles. The average molecular weight is 641 g/mol. The number of ether oxygens (including phenoxy) is 1. The summed E-state index contributed by atoms with van der Waals surface area (Å²) in [7, 11) is 0. The van der Waals surface area contributed by atoms with Crippen LogP contribution < -0.4 is 10.6 Å². The van der Waals surface area contributed by atoms with Crippen LogP contribution >= 0.6 is 15.9 Å². The van der Waals surface area contributed by atoms with Gasteiger partial charge in [-0.25, -0.2) is 8.78 Å². The van der Waals surface area contributed by atoms with Gasteiger partial charge in [0.25, 0.3) is 0 Å². The van der Waals surface area contributed by atoms with Crippen molar-refractivity contribution in [3.8, 4) is 0 Å². The molecule has 5 rings (SSSR count). The van der Waals surface area contributed by atoms with Crippen molar-refractivity contribution in [3.63, 3.8) is 0 Å². The summed E-state index contributed by atoms with van der Waals surface area (Å²) in [5.41, 5.74) is -0.143. The molecule has 40 heavy (non-hydrogen) atoms. The third-order valence-corrected chi connectivity index (χ3v) is 9.73. The van der Waals surface area contributed by atoms with E-state index >= 15 is 0 Å². The van der Waals surface area contributed by atoms with Crippen molar-refractivity contribution in [3.05, 3.63) is 11.6 Å². The molecule has 3 heterocycles. The smallest absolute Gasteiger partial charge is 0.378 e. The minimum Gasteiger partial charge on any atom is -0.378 e. The quantitative estimate of drug-likeness (QED) is 0.364. The Morgan fingerprint density at radius 1 is 1.05 bits per heavy atom. The van der Waals surface area contributed by atoms with E-state index in [0.717, 1.165) is 6.08 Å². The van der Waals surface area contributed by atoms with Gasteiger partial charge in [0.15, 0.2) is 0 Å². The van der Waals surface area contributed by atoms with Gasteiger partial charge in [-0.05, 0) is 32.1 Å². The molecular formula is C26H34BrF5N4O4. The molecule has 0 bridgehead atoms. The van der Waals surface area contributed by atoms with E-state index in [9.17, 15) is 36.3 Å². The Morgan fingerprint density at radius 2 is 1.75 bits per heavy atom. The van der Waals surface area contributed by atoms with Crippen molar-refractivity contribution >= 4 is 33.7 Å². The number of fused-ring (bicyclic) bond motifs is 1. The minimum absolute atomic E-state index is 0.0591. The van der Waals surface area contributed by atoms with Crippen LogP contribution in [-0.4, -0.2) is 108 Å². The topological polar surface area (TPSA) is 91.0 Å². The predicted molar refractivity (Wildman–Crippen MR) is 137 cm³/mol. The lowest BCUT2D eigenvalue weighted by atomic mass is 9.74. The van der Waals surface area contributed by atoms with Crippen LogP contribution in [0.15, 0.2) is 11.6 Å². The molecule has 0 aromatic heterocycles. The summed E-state index contributed by atoms with van der Waals surface area (Å²) in [6, 6.07) is -2.81. The van der Waals surface area contributed by atoms with E-state index in [-0.39, 0.29) is 50.3 Å². The molecule has 3 aliphatic heterocycles. The van der Waals surface area contributed by atoms with Crippen molar-refractivity contribution in [1.82, 2.24) is 20.4 Å². The zero-order valence-corrected chi connectivity index (χ0v) is 23.4. The lowest BCUT2D eigenvalue weighted by Gasteiger charge is -2.46. The van der Waals surface area contributed by atoms with Crippen LogP contribution in [0.5, 0.6) is 0 Å². The minimum atomic E-state index is -4.53. The molecule has 4 fully saturated rings. The fraction of sp³-hybridized carbons (Fsp3) is 0.808. The first-order valence-corrected chi connectivity index (χ1v) is 14.8. The van der Waals surface area contributed by atoms with Crippen molar-refractivity contribution in [1.29, 1.82) is 0 Å². The summed E-state index contributed by atoms with van der Waals surface area (Å²) < 4.78 is 77.6. The summed E-state index contributed by atoms with van der Waals surface area (Å²) in [5.74, 6) is -5.48. The largest absolute Gasteiger partial charge is 0.393 e. The maximum Gasteiger partial charge on any atom is 0.393 e. The fourth-order valence-electron chi connectivity index (χ4n) is 7.11. The number of hydrogen-bond acceptors (Lipinski definition) is 5. The first-order chi connectivity index (χ1) is 18.9. The molecule has 8 nitrogen and oxygen atoms in total. The van der Waals surface area contributed by atoms with E-state index in [1.54, 1.807) is 9.80 Å². The van der Waals surface area contributed by atoms with Crippen LogP contribution in [0.25, 0.3) is 0 Å². The molecule has 8 unspecified atom stereocenters. The Bertz CT molecular complexity index is 1030. The van der Waals surface area contributed by atoms with Gasteiger partial charge in [0.05, 0.1) is 31.1 Å². The zero-order chi connectivity index (χ0) is 28.8. The van der Waals surface area contributed by atoms with E-state index in [1.165, 1.54) is 0 Å². The number of morpholine rings is 1. The second-order valence-electron chi connectivity index (χ2n) is 11.5. The molecule has 2 saturated carbocycles. The summed E-state index contributed by atoms with van der Waals surface area (Å²) in [6.07, 6.45) is -6.25. The Balaban J connectivity index is 1.32. The maximum absolute atomic E-state index is 14.8. The average Bonchev–Trinajstić information content (AvgIpc) is 3.37. The van der Waals surface area contributed by atoms with E-state index < -0.39 is 71.0 Å². The molecule has 0 aromatic carbocycles. The number of halogens is 6. The number of nitrogens with one attached hydrogen (secondary N) is 2. The van der Waals surface area contributed by atoms with Crippen molar-refractivity contribution in [2.45, 2.75) is 73.6 Å². The predicted octanol–water partition coefficient (Wildman–Crippen LogP) is 2.27. The monoisotopic (exact) mass is 640 g/mol. The molecule has 2 N–H and O–H groups in total. The summed E-state index contributed by atoms with van der Waals surface area (Å²) in [4.78, 5) is 41.6. The Hall–Kier alpha value is -1.80. The van der Waals surface area contributed by atoms with Gasteiger partial charge >= 0.3 is 6.18 Å². The number of carbonyl (C=O) groups excluding carboxylic acids is 3. The van der Waals surface area contributed by atoms with Gasteiger partial charge in [-0.15, -0.1) is 0 Å². The Morgan fingerprint density at radius 3 is 2.45 bits per heavy atom. The van der Waals surface area contributed by atoms with Crippen LogP contribution in [0.3, 0.4) is 0 Å². The second kappa shape index (κ2) is 11.8. The molecular weight excluding hydrogens is 607 g/mol. The van der Waals surface area contributed by atoms with Gasteiger partial charge in [-0.2, -0.15) is 13.2 Å². The normalized spacial score (nSPS) is 39.2. The van der Waals surface area contributed by atoms with Crippen LogP contribution in [0.2, 0.25) is 0 Å². The first kappa shape index (κ1) is 29.7. The van der Waals surface area contributed by atoms with Gasteiger partial charge in [0.1, 0.15) is 12.3 Å². The molecule has 0 radical (unpaired) electrons. The summed E-state index contributed by atoms with van der Waals surface area (Å²) in [6.45, 7) is 1.61. The molecule has 14 heteroatoms. The van der Waals surface area contributed by atoms with E-state index in [2.05, 4.69) is 26.6 Å². The maximum atomic E-state index is 14.8. The number of nitrogens with zero attached hydrogens (tertiary/aromatic N) is 2. The third kappa shape index (κ3) is 6.04. The SMILES string of the molecule is O=C1C=C(C(=O)N[C@@H]2CCN(C3C(C(=O)N4CCOCC4)CC(Br)CC3C(F)(F)F)C2)C2C(F)CCC(F)C2N1. The zero-order valence-electron chi connectivity index (χ0n) is 21.8. The molecule has 224 valence electrons. The van der Waals surface area contributed by atoms with Crippen molar-refractivity contribution in [2.75, 3.05) is 39.4 Å². The molecule has 2 saturated heterocycles. The number of amides is 3. The highest BCUT2D eigenvalue weighted by molar-refractivity contribution is 9.09.